The van der Waals surface area contributed by atoms with Crippen molar-refractivity contribution in [1.82, 2.24) is 10.3 Å². The van der Waals surface area contributed by atoms with Crippen molar-refractivity contribution in [2.24, 2.45) is 5.10 Å². The molecule has 1 fully saturated rings. The van der Waals surface area contributed by atoms with Crippen LogP contribution < -0.4 is 15.5 Å². The first-order valence-electron chi connectivity index (χ1n) is 11.0. The van der Waals surface area contributed by atoms with Crippen LogP contribution in [0.5, 0.6) is 5.75 Å². The number of para-hydroxylation sites is 1. The molecule has 0 aliphatic carbocycles. The highest BCUT2D eigenvalue weighted by Gasteiger charge is 2.23. The van der Waals surface area contributed by atoms with Gasteiger partial charge in [-0.15, -0.1) is 11.3 Å². The number of morpholine rings is 1. The number of hydrogen-bond donors (Lipinski definition) is 2. The van der Waals surface area contributed by atoms with Crippen LogP contribution in [0.1, 0.15) is 25.6 Å². The number of hydrazone groups is 1. The Hall–Kier alpha value is -4.35. The fourth-order valence-electron chi connectivity index (χ4n) is 3.28. The van der Waals surface area contributed by atoms with Crippen LogP contribution >= 0.6 is 11.3 Å². The minimum Gasteiger partial charge on any atom is -0.422 e. The van der Waals surface area contributed by atoms with Crippen molar-refractivity contribution in [1.29, 1.82) is 0 Å². The first-order valence-corrected chi connectivity index (χ1v) is 11.9. The van der Waals surface area contributed by atoms with Gasteiger partial charge in [0.25, 0.3) is 5.91 Å². The van der Waals surface area contributed by atoms with Crippen LogP contribution in [0.4, 0.5) is 5.69 Å². The monoisotopic (exact) mass is 506 g/mol. The summed E-state index contributed by atoms with van der Waals surface area (Å²) in [5.41, 5.74) is 3.26. The first kappa shape index (κ1) is 24.8. The van der Waals surface area contributed by atoms with Gasteiger partial charge in [0.1, 0.15) is 10.6 Å². The van der Waals surface area contributed by atoms with Crippen molar-refractivity contribution in [2.45, 2.75) is 0 Å². The van der Waals surface area contributed by atoms with E-state index in [1.165, 1.54) is 17.6 Å². The number of esters is 1. The third-order valence-electron chi connectivity index (χ3n) is 5.10. The third kappa shape index (κ3) is 6.40. The number of benzene rings is 2. The number of nitrogens with one attached hydrogen (secondary N) is 2. The molecule has 1 aliphatic rings. The molecule has 2 heterocycles. The predicted octanol–water partition coefficient (Wildman–Crippen LogP) is 2.53. The van der Waals surface area contributed by atoms with Gasteiger partial charge in [-0.05, 0) is 53.4 Å². The van der Waals surface area contributed by atoms with Crippen LogP contribution in [-0.4, -0.2) is 61.1 Å². The lowest BCUT2D eigenvalue weighted by molar-refractivity contribution is -0.136. The molecule has 1 aliphatic heterocycles. The maximum Gasteiger partial charge on any atom is 0.353 e. The van der Waals surface area contributed by atoms with E-state index in [9.17, 15) is 19.2 Å². The van der Waals surface area contributed by atoms with E-state index in [-0.39, 0.29) is 17.2 Å². The minimum absolute atomic E-state index is 0.228. The molecule has 0 spiro atoms. The molecular formula is C25H22N4O6S. The zero-order chi connectivity index (χ0) is 25.3. The lowest BCUT2D eigenvalue weighted by Gasteiger charge is -2.27. The Balaban J connectivity index is 1.30. The molecule has 1 aromatic heterocycles. The Morgan fingerprint density at radius 3 is 2.42 bits per heavy atom. The number of carbonyl (C=O) groups is 4. The zero-order valence-electron chi connectivity index (χ0n) is 19.0. The van der Waals surface area contributed by atoms with Gasteiger partial charge in [-0.2, -0.15) is 5.10 Å². The molecule has 10 nitrogen and oxygen atoms in total. The van der Waals surface area contributed by atoms with E-state index < -0.39 is 17.8 Å². The second-order valence-electron chi connectivity index (χ2n) is 7.54. The van der Waals surface area contributed by atoms with Gasteiger partial charge in [-0.3, -0.25) is 14.4 Å². The maximum atomic E-state index is 12.8. The molecule has 0 unspecified atom stereocenters. The summed E-state index contributed by atoms with van der Waals surface area (Å²) in [6, 6.07) is 16.4. The standard InChI is InChI=1S/C25H22N4O6S/c30-22(27-20-5-2-1-4-19(20)24(32)29-11-13-34-14-12-29)23(31)28-26-16-17-7-9-18(10-8-17)35-25(33)21-6-3-15-36-21/h1-10,15-16H,11-14H2,(H,27,30)(H,28,31)/b26-16-. The van der Waals surface area contributed by atoms with Crippen molar-refractivity contribution in [2.75, 3.05) is 31.6 Å². The Morgan fingerprint density at radius 1 is 0.944 bits per heavy atom. The highest BCUT2D eigenvalue weighted by Crippen LogP contribution is 2.18. The van der Waals surface area contributed by atoms with Crippen molar-refractivity contribution in [3.8, 4) is 5.75 Å². The summed E-state index contributed by atoms with van der Waals surface area (Å²) < 4.78 is 10.5. The van der Waals surface area contributed by atoms with Gasteiger partial charge in [0, 0.05) is 13.1 Å². The number of amides is 3. The van der Waals surface area contributed by atoms with Crippen molar-refractivity contribution in [3.05, 3.63) is 82.0 Å². The quantitative estimate of drug-likeness (QED) is 0.174. The summed E-state index contributed by atoms with van der Waals surface area (Å²) in [6.45, 7) is 1.80. The van der Waals surface area contributed by atoms with Crippen molar-refractivity contribution < 1.29 is 28.7 Å². The molecule has 0 saturated carbocycles. The number of ether oxygens (including phenoxy) is 2. The molecule has 11 heteroatoms. The summed E-state index contributed by atoms with van der Waals surface area (Å²) in [4.78, 5) is 51.5. The average molecular weight is 507 g/mol. The highest BCUT2D eigenvalue weighted by molar-refractivity contribution is 7.12. The number of hydrogen-bond acceptors (Lipinski definition) is 8. The van der Waals surface area contributed by atoms with E-state index >= 15 is 0 Å². The van der Waals surface area contributed by atoms with Gasteiger partial charge in [-0.1, -0.05) is 18.2 Å². The Labute approximate surface area is 210 Å². The van der Waals surface area contributed by atoms with Crippen LogP contribution in [0.3, 0.4) is 0 Å². The molecule has 1 saturated heterocycles. The fraction of sp³-hybridized carbons (Fsp3) is 0.160. The molecule has 3 aromatic rings. The van der Waals surface area contributed by atoms with E-state index in [0.717, 1.165) is 0 Å². The molecule has 184 valence electrons. The number of thiophene rings is 1. The van der Waals surface area contributed by atoms with Gasteiger partial charge in [0.15, 0.2) is 0 Å². The van der Waals surface area contributed by atoms with Crippen LogP contribution in [0.25, 0.3) is 0 Å². The second-order valence-corrected chi connectivity index (χ2v) is 8.49. The summed E-state index contributed by atoms with van der Waals surface area (Å²) in [5, 5.41) is 8.04. The van der Waals surface area contributed by atoms with Gasteiger partial charge in [0.2, 0.25) is 0 Å². The van der Waals surface area contributed by atoms with E-state index in [1.54, 1.807) is 70.9 Å². The lowest BCUT2D eigenvalue weighted by atomic mass is 10.1. The number of anilines is 1. The Bertz CT molecular complexity index is 1270. The minimum atomic E-state index is -0.999. The predicted molar refractivity (Wildman–Crippen MR) is 133 cm³/mol. The van der Waals surface area contributed by atoms with Gasteiger partial charge < -0.3 is 19.7 Å². The highest BCUT2D eigenvalue weighted by atomic mass is 32.1. The number of carbonyl (C=O) groups excluding carboxylic acids is 4. The summed E-state index contributed by atoms with van der Waals surface area (Å²) >= 11 is 1.29. The molecule has 3 amide bonds. The van der Waals surface area contributed by atoms with Crippen LogP contribution in [-0.2, 0) is 14.3 Å². The largest absolute Gasteiger partial charge is 0.422 e. The van der Waals surface area contributed by atoms with Crippen LogP contribution in [0, 0.1) is 0 Å². The van der Waals surface area contributed by atoms with Crippen molar-refractivity contribution in [3.63, 3.8) is 0 Å². The van der Waals surface area contributed by atoms with Crippen LogP contribution in [0.2, 0.25) is 0 Å². The first-order chi connectivity index (χ1) is 17.5. The van der Waals surface area contributed by atoms with E-state index in [0.29, 0.717) is 42.5 Å². The summed E-state index contributed by atoms with van der Waals surface area (Å²) in [6.07, 6.45) is 1.34. The topological polar surface area (TPSA) is 126 Å². The molecule has 2 aromatic carbocycles. The second kappa shape index (κ2) is 11.9. The maximum absolute atomic E-state index is 12.8. The molecule has 0 bridgehead atoms. The molecule has 0 atom stereocenters. The molecule has 36 heavy (non-hydrogen) atoms. The van der Waals surface area contributed by atoms with E-state index in [2.05, 4.69) is 15.8 Å². The third-order valence-corrected chi connectivity index (χ3v) is 5.95. The molecule has 2 N–H and O–H groups in total. The summed E-state index contributed by atoms with van der Waals surface area (Å²) in [5.74, 6) is -2.30. The zero-order valence-corrected chi connectivity index (χ0v) is 19.8. The van der Waals surface area contributed by atoms with Crippen molar-refractivity contribution >= 4 is 46.9 Å². The molecule has 0 radical (unpaired) electrons. The Kier molecular flexibility index (Phi) is 8.16. The van der Waals surface area contributed by atoms with Gasteiger partial charge in [0.05, 0.1) is 30.7 Å². The van der Waals surface area contributed by atoms with Gasteiger partial charge >= 0.3 is 17.8 Å². The van der Waals surface area contributed by atoms with Crippen LogP contribution in [0.15, 0.2) is 71.1 Å². The number of nitrogens with zero attached hydrogens (tertiary/aromatic N) is 2. The van der Waals surface area contributed by atoms with Gasteiger partial charge in [-0.25, -0.2) is 10.2 Å². The number of rotatable bonds is 6. The smallest absolute Gasteiger partial charge is 0.353 e. The van der Waals surface area contributed by atoms with E-state index in [1.807, 2.05) is 0 Å². The average Bonchev–Trinajstić information content (AvgIpc) is 3.45. The lowest BCUT2D eigenvalue weighted by Crippen LogP contribution is -2.41. The normalized spacial score (nSPS) is 13.3. The molecular weight excluding hydrogens is 484 g/mol. The van der Waals surface area contributed by atoms with E-state index in [4.69, 9.17) is 9.47 Å². The summed E-state index contributed by atoms with van der Waals surface area (Å²) in [7, 11) is 0. The Morgan fingerprint density at radius 2 is 1.69 bits per heavy atom. The SMILES string of the molecule is O=C(N/N=C\c1ccc(OC(=O)c2cccs2)cc1)C(=O)Nc1ccccc1C(=O)N1CCOCC1. The fourth-order valence-corrected chi connectivity index (χ4v) is 3.88. The molecule has 4 rings (SSSR count).